The molecule has 3 rings (SSSR count). The summed E-state index contributed by atoms with van der Waals surface area (Å²) in [5, 5.41) is 2.90. The van der Waals surface area contributed by atoms with Crippen molar-refractivity contribution in [3.05, 3.63) is 71.5 Å². The Kier molecular flexibility index (Phi) is 5.43. The van der Waals surface area contributed by atoms with Gasteiger partial charge in [0.25, 0.3) is 0 Å². The molecule has 0 aromatic heterocycles. The van der Waals surface area contributed by atoms with E-state index in [1.54, 1.807) is 17.0 Å². The summed E-state index contributed by atoms with van der Waals surface area (Å²) >= 11 is 0. The van der Waals surface area contributed by atoms with Gasteiger partial charge in [-0.3, -0.25) is 9.59 Å². The van der Waals surface area contributed by atoms with Gasteiger partial charge < -0.3 is 10.2 Å². The number of hydrogen-bond acceptors (Lipinski definition) is 2. The smallest absolute Gasteiger partial charge is 0.225 e. The summed E-state index contributed by atoms with van der Waals surface area (Å²) < 4.78 is 12.9. The van der Waals surface area contributed by atoms with Crippen LogP contribution in [0.4, 0.5) is 4.39 Å². The fourth-order valence-electron chi connectivity index (χ4n) is 3.01. The van der Waals surface area contributed by atoms with Crippen LogP contribution < -0.4 is 5.32 Å². The van der Waals surface area contributed by atoms with Crippen molar-refractivity contribution in [2.45, 2.75) is 19.4 Å². The standard InChI is InChI=1S/C20H21FN2O2/c21-18-8-6-15(7-9-18)10-11-23-14-17(12-19(23)24)20(25)22-13-16-4-2-1-3-5-16/h1-9,17H,10-14H2,(H,22,25)/t17-/m0/s1. The largest absolute Gasteiger partial charge is 0.352 e. The average Bonchev–Trinajstić information content (AvgIpc) is 3.01. The van der Waals surface area contributed by atoms with Crippen molar-refractivity contribution in [3.8, 4) is 0 Å². The van der Waals surface area contributed by atoms with Crippen LogP contribution in [0.3, 0.4) is 0 Å². The summed E-state index contributed by atoms with van der Waals surface area (Å²) in [5.41, 5.74) is 2.01. The van der Waals surface area contributed by atoms with Crippen molar-refractivity contribution in [2.24, 2.45) is 5.92 Å². The highest BCUT2D eigenvalue weighted by Crippen LogP contribution is 2.19. The highest BCUT2D eigenvalue weighted by atomic mass is 19.1. The van der Waals surface area contributed by atoms with E-state index in [0.717, 1.165) is 11.1 Å². The Morgan fingerprint density at radius 3 is 2.52 bits per heavy atom. The number of nitrogens with zero attached hydrogens (tertiary/aromatic N) is 1. The molecule has 2 aromatic carbocycles. The Morgan fingerprint density at radius 2 is 1.80 bits per heavy atom. The summed E-state index contributed by atoms with van der Waals surface area (Å²) in [5.74, 6) is -0.649. The zero-order chi connectivity index (χ0) is 17.6. The Labute approximate surface area is 146 Å². The second kappa shape index (κ2) is 7.92. The first kappa shape index (κ1) is 17.1. The molecular weight excluding hydrogens is 319 g/mol. The molecule has 130 valence electrons. The van der Waals surface area contributed by atoms with Crippen LogP contribution in [0.1, 0.15) is 17.5 Å². The van der Waals surface area contributed by atoms with Crippen LogP contribution in [0.25, 0.3) is 0 Å². The summed E-state index contributed by atoms with van der Waals surface area (Å²) in [6, 6.07) is 16.0. The maximum atomic E-state index is 12.9. The lowest BCUT2D eigenvalue weighted by molar-refractivity contribution is -0.129. The van der Waals surface area contributed by atoms with Gasteiger partial charge in [0, 0.05) is 26.1 Å². The van der Waals surface area contributed by atoms with Crippen LogP contribution >= 0.6 is 0 Å². The zero-order valence-electron chi connectivity index (χ0n) is 14.0. The van der Waals surface area contributed by atoms with Crippen LogP contribution in [0, 0.1) is 11.7 Å². The molecule has 0 unspecified atom stereocenters. The first-order valence-electron chi connectivity index (χ1n) is 8.45. The van der Waals surface area contributed by atoms with Crippen LogP contribution in [0.15, 0.2) is 54.6 Å². The van der Waals surface area contributed by atoms with E-state index in [4.69, 9.17) is 0 Å². The Morgan fingerprint density at radius 1 is 1.08 bits per heavy atom. The number of benzene rings is 2. The van der Waals surface area contributed by atoms with Gasteiger partial charge in [-0.25, -0.2) is 4.39 Å². The minimum Gasteiger partial charge on any atom is -0.352 e. The summed E-state index contributed by atoms with van der Waals surface area (Å²) in [4.78, 5) is 26.1. The molecule has 1 saturated heterocycles. The molecule has 2 aromatic rings. The highest BCUT2D eigenvalue weighted by Gasteiger charge is 2.33. The summed E-state index contributed by atoms with van der Waals surface area (Å²) in [6.45, 7) is 1.47. The first-order chi connectivity index (χ1) is 12.1. The third-order valence-corrected chi connectivity index (χ3v) is 4.48. The summed E-state index contributed by atoms with van der Waals surface area (Å²) in [7, 11) is 0. The minimum atomic E-state index is -0.301. The molecule has 25 heavy (non-hydrogen) atoms. The molecule has 0 bridgehead atoms. The number of rotatable bonds is 6. The third kappa shape index (κ3) is 4.66. The van der Waals surface area contributed by atoms with Crippen LogP contribution in [0.2, 0.25) is 0 Å². The number of amides is 2. The molecule has 0 radical (unpaired) electrons. The van der Waals surface area contributed by atoms with Gasteiger partial charge in [-0.05, 0) is 29.7 Å². The van der Waals surface area contributed by atoms with Gasteiger partial charge in [-0.2, -0.15) is 0 Å². The van der Waals surface area contributed by atoms with Gasteiger partial charge in [0.15, 0.2) is 0 Å². The first-order valence-corrected chi connectivity index (χ1v) is 8.45. The molecule has 0 aliphatic carbocycles. The van der Waals surface area contributed by atoms with E-state index in [9.17, 15) is 14.0 Å². The number of carbonyl (C=O) groups excluding carboxylic acids is 2. The lowest BCUT2D eigenvalue weighted by Gasteiger charge is -2.16. The SMILES string of the molecule is O=C(NCc1ccccc1)[C@H]1CC(=O)N(CCc2ccc(F)cc2)C1. The van der Waals surface area contributed by atoms with Crippen LogP contribution in [-0.4, -0.2) is 29.8 Å². The van der Waals surface area contributed by atoms with Gasteiger partial charge in [-0.15, -0.1) is 0 Å². The third-order valence-electron chi connectivity index (χ3n) is 4.48. The Bertz CT molecular complexity index is 731. The normalized spacial score (nSPS) is 16.9. The maximum Gasteiger partial charge on any atom is 0.225 e. The Balaban J connectivity index is 1.48. The number of likely N-dealkylation sites (tertiary alicyclic amines) is 1. The molecule has 0 spiro atoms. The van der Waals surface area contributed by atoms with Gasteiger partial charge in [0.05, 0.1) is 5.92 Å². The minimum absolute atomic E-state index is 0.00183. The molecule has 1 N–H and O–H groups in total. The van der Waals surface area contributed by atoms with Gasteiger partial charge >= 0.3 is 0 Å². The van der Waals surface area contributed by atoms with E-state index < -0.39 is 0 Å². The van der Waals surface area contributed by atoms with Crippen molar-refractivity contribution in [2.75, 3.05) is 13.1 Å². The predicted octanol–water partition coefficient (Wildman–Crippen LogP) is 2.53. The quantitative estimate of drug-likeness (QED) is 0.878. The highest BCUT2D eigenvalue weighted by molar-refractivity contribution is 5.89. The molecule has 1 atom stereocenters. The van der Waals surface area contributed by atoms with Gasteiger partial charge in [0.1, 0.15) is 5.82 Å². The van der Waals surface area contributed by atoms with Crippen molar-refractivity contribution < 1.29 is 14.0 Å². The maximum absolute atomic E-state index is 12.9. The lowest BCUT2D eigenvalue weighted by Crippen LogP contribution is -2.33. The van der Waals surface area contributed by atoms with E-state index in [1.165, 1.54) is 12.1 Å². The van der Waals surface area contributed by atoms with Crippen molar-refractivity contribution in [1.82, 2.24) is 10.2 Å². The summed E-state index contributed by atoms with van der Waals surface area (Å²) in [6.07, 6.45) is 0.911. The fourth-order valence-corrected chi connectivity index (χ4v) is 3.01. The molecule has 1 aliphatic rings. The molecule has 1 fully saturated rings. The monoisotopic (exact) mass is 340 g/mol. The molecule has 1 heterocycles. The molecule has 4 nitrogen and oxygen atoms in total. The van der Waals surface area contributed by atoms with E-state index in [1.807, 2.05) is 30.3 Å². The van der Waals surface area contributed by atoms with Crippen LogP contribution in [0.5, 0.6) is 0 Å². The van der Waals surface area contributed by atoms with Gasteiger partial charge in [-0.1, -0.05) is 42.5 Å². The van der Waals surface area contributed by atoms with E-state index in [0.29, 0.717) is 26.1 Å². The molecular formula is C20H21FN2O2. The second-order valence-electron chi connectivity index (χ2n) is 6.32. The Hall–Kier alpha value is -2.69. The van der Waals surface area contributed by atoms with E-state index in [-0.39, 0.29) is 30.0 Å². The topological polar surface area (TPSA) is 49.4 Å². The number of hydrogen-bond donors (Lipinski definition) is 1. The zero-order valence-corrected chi connectivity index (χ0v) is 14.0. The average molecular weight is 340 g/mol. The molecule has 2 amide bonds. The number of carbonyl (C=O) groups is 2. The molecule has 0 saturated carbocycles. The van der Waals surface area contributed by atoms with Gasteiger partial charge in [0.2, 0.25) is 11.8 Å². The number of nitrogens with one attached hydrogen (secondary N) is 1. The molecule has 1 aliphatic heterocycles. The predicted molar refractivity (Wildman–Crippen MR) is 93.1 cm³/mol. The number of halogens is 1. The lowest BCUT2D eigenvalue weighted by atomic mass is 10.1. The van der Waals surface area contributed by atoms with Crippen molar-refractivity contribution in [3.63, 3.8) is 0 Å². The molecule has 5 heteroatoms. The van der Waals surface area contributed by atoms with Crippen molar-refractivity contribution in [1.29, 1.82) is 0 Å². The van der Waals surface area contributed by atoms with Crippen LogP contribution in [-0.2, 0) is 22.6 Å². The van der Waals surface area contributed by atoms with Crippen molar-refractivity contribution >= 4 is 11.8 Å². The van der Waals surface area contributed by atoms with E-state index in [2.05, 4.69) is 5.32 Å². The second-order valence-corrected chi connectivity index (χ2v) is 6.32. The fraction of sp³-hybridized carbons (Fsp3) is 0.300. The van der Waals surface area contributed by atoms with E-state index >= 15 is 0 Å².